The van der Waals surface area contributed by atoms with Gasteiger partial charge in [-0.25, -0.2) is 15.2 Å². The van der Waals surface area contributed by atoms with Crippen molar-refractivity contribution in [2.24, 2.45) is 5.10 Å². The van der Waals surface area contributed by atoms with Crippen LogP contribution in [0.4, 0.5) is 16.6 Å². The minimum atomic E-state index is -0.559. The molecule has 9 heteroatoms. The summed E-state index contributed by atoms with van der Waals surface area (Å²) >= 11 is 0. The number of benzene rings is 1. The molecule has 0 spiro atoms. The molecule has 2 aliphatic heterocycles. The van der Waals surface area contributed by atoms with Crippen LogP contribution >= 0.6 is 0 Å². The first-order valence-corrected chi connectivity index (χ1v) is 11.3. The molecule has 2 aromatic rings. The van der Waals surface area contributed by atoms with Gasteiger partial charge in [0.05, 0.1) is 44.3 Å². The van der Waals surface area contributed by atoms with E-state index in [4.69, 9.17) is 14.5 Å². The van der Waals surface area contributed by atoms with Crippen LogP contribution in [0.2, 0.25) is 0 Å². The van der Waals surface area contributed by atoms with Crippen molar-refractivity contribution in [2.45, 2.75) is 59.4 Å². The van der Waals surface area contributed by atoms with Gasteiger partial charge in [0.1, 0.15) is 11.4 Å². The molecule has 0 bridgehead atoms. The summed E-state index contributed by atoms with van der Waals surface area (Å²) in [4.78, 5) is 26.1. The van der Waals surface area contributed by atoms with Gasteiger partial charge in [-0.15, -0.1) is 0 Å². The van der Waals surface area contributed by atoms with Gasteiger partial charge in [0.2, 0.25) is 5.95 Å². The normalized spacial score (nSPS) is 18.5. The number of rotatable bonds is 4. The summed E-state index contributed by atoms with van der Waals surface area (Å²) in [5.41, 5.74) is 6.32. The Bertz CT molecular complexity index is 1050. The van der Waals surface area contributed by atoms with E-state index in [1.165, 1.54) is 5.56 Å². The lowest BCUT2D eigenvalue weighted by molar-refractivity contribution is 0.0240. The first-order valence-electron chi connectivity index (χ1n) is 11.3. The summed E-state index contributed by atoms with van der Waals surface area (Å²) < 4.78 is 11.2. The van der Waals surface area contributed by atoms with Crippen molar-refractivity contribution in [3.63, 3.8) is 0 Å². The van der Waals surface area contributed by atoms with Crippen LogP contribution in [0.25, 0.3) is 0 Å². The molecule has 9 nitrogen and oxygen atoms in total. The summed E-state index contributed by atoms with van der Waals surface area (Å²) in [6, 6.07) is 8.24. The number of fused-ring (bicyclic) bond motifs is 1. The van der Waals surface area contributed by atoms with Crippen LogP contribution in [0.3, 0.4) is 0 Å². The highest BCUT2D eigenvalue weighted by Gasteiger charge is 2.34. The van der Waals surface area contributed by atoms with E-state index >= 15 is 0 Å². The van der Waals surface area contributed by atoms with Crippen molar-refractivity contribution in [2.75, 3.05) is 30.1 Å². The summed E-state index contributed by atoms with van der Waals surface area (Å²) in [5, 5.41) is 4.34. The monoisotopic (exact) mass is 452 g/mol. The van der Waals surface area contributed by atoms with Crippen molar-refractivity contribution in [1.29, 1.82) is 0 Å². The fraction of sp³-hybridized carbons (Fsp3) is 0.500. The van der Waals surface area contributed by atoms with E-state index in [0.29, 0.717) is 32.3 Å². The Morgan fingerprint density at radius 1 is 1.30 bits per heavy atom. The van der Waals surface area contributed by atoms with Crippen molar-refractivity contribution < 1.29 is 14.3 Å². The van der Waals surface area contributed by atoms with E-state index in [-0.39, 0.29) is 12.1 Å². The third-order valence-corrected chi connectivity index (χ3v) is 5.47. The molecule has 1 amide bonds. The number of carbonyl (C=O) groups excluding carboxylic acids is 1. The quantitative estimate of drug-likeness (QED) is 0.558. The number of nitrogens with one attached hydrogen (secondary N) is 1. The Kier molecular flexibility index (Phi) is 6.51. The highest BCUT2D eigenvalue weighted by atomic mass is 16.6. The minimum absolute atomic E-state index is 0.164. The second kappa shape index (κ2) is 9.35. The second-order valence-corrected chi connectivity index (χ2v) is 9.53. The molecule has 4 rings (SSSR count). The molecular weight excluding hydrogens is 420 g/mol. The molecule has 176 valence electrons. The van der Waals surface area contributed by atoms with Crippen molar-refractivity contribution >= 4 is 24.1 Å². The molecule has 0 aliphatic carbocycles. The Hall–Kier alpha value is -3.20. The SMILES string of the molecule is Cc1cccc(/C=N/Nc2nc3c(c(N4CCOC[C@H]4C)n2)CN(C(=O)OC(C)(C)C)C3)c1. The summed E-state index contributed by atoms with van der Waals surface area (Å²) in [6.45, 7) is 12.5. The van der Waals surface area contributed by atoms with Gasteiger partial charge < -0.3 is 14.4 Å². The number of amides is 1. The van der Waals surface area contributed by atoms with Gasteiger partial charge >= 0.3 is 6.09 Å². The van der Waals surface area contributed by atoms with Crippen molar-refractivity contribution in [3.05, 3.63) is 46.6 Å². The number of ether oxygens (including phenoxy) is 2. The van der Waals surface area contributed by atoms with Crippen LogP contribution in [0, 0.1) is 6.92 Å². The zero-order chi connectivity index (χ0) is 23.6. The molecule has 3 heterocycles. The van der Waals surface area contributed by atoms with Crippen LogP contribution in [-0.2, 0) is 22.6 Å². The maximum Gasteiger partial charge on any atom is 0.410 e. The zero-order valence-corrected chi connectivity index (χ0v) is 20.0. The van der Waals surface area contributed by atoms with Crippen LogP contribution in [0.5, 0.6) is 0 Å². The smallest absolute Gasteiger partial charge is 0.410 e. The van der Waals surface area contributed by atoms with Gasteiger partial charge in [-0.2, -0.15) is 10.1 Å². The predicted octanol–water partition coefficient (Wildman–Crippen LogP) is 3.71. The van der Waals surface area contributed by atoms with Crippen LogP contribution in [-0.4, -0.2) is 58.6 Å². The number of hydrogen-bond acceptors (Lipinski definition) is 8. The number of aromatic nitrogens is 2. The Morgan fingerprint density at radius 3 is 2.85 bits per heavy atom. The van der Waals surface area contributed by atoms with E-state index < -0.39 is 5.60 Å². The van der Waals surface area contributed by atoms with Gasteiger partial charge in [0.25, 0.3) is 0 Å². The molecular formula is C24H32N6O3. The van der Waals surface area contributed by atoms with E-state index in [0.717, 1.165) is 29.2 Å². The second-order valence-electron chi connectivity index (χ2n) is 9.53. The zero-order valence-electron chi connectivity index (χ0n) is 20.0. The highest BCUT2D eigenvalue weighted by Crippen LogP contribution is 2.33. The molecule has 1 aromatic heterocycles. The molecule has 0 unspecified atom stereocenters. The molecule has 1 fully saturated rings. The number of carbonyl (C=O) groups is 1. The predicted molar refractivity (Wildman–Crippen MR) is 128 cm³/mol. The number of hydrogen-bond donors (Lipinski definition) is 1. The van der Waals surface area contributed by atoms with Gasteiger partial charge in [0, 0.05) is 12.1 Å². The molecule has 1 aromatic carbocycles. The standard InChI is InChI=1S/C24H32N6O3/c1-16-7-6-8-18(11-16)12-25-28-22-26-20-14-29(23(31)33-24(3,4)5)13-19(20)21(27-22)30-9-10-32-15-17(30)2/h6-8,11-12,17H,9-10,13-15H2,1-5H3,(H,26,27,28)/b25-12+/t17-/m1/s1. The molecule has 0 radical (unpaired) electrons. The molecule has 1 N–H and O–H groups in total. The average molecular weight is 453 g/mol. The Labute approximate surface area is 194 Å². The molecule has 1 atom stereocenters. The average Bonchev–Trinajstić information content (AvgIpc) is 3.17. The minimum Gasteiger partial charge on any atom is -0.444 e. The van der Waals surface area contributed by atoms with E-state index in [9.17, 15) is 4.79 Å². The van der Waals surface area contributed by atoms with Gasteiger partial charge in [0.15, 0.2) is 0 Å². The summed E-state index contributed by atoms with van der Waals surface area (Å²) in [6.07, 6.45) is 1.39. The van der Waals surface area contributed by atoms with E-state index in [1.54, 1.807) is 11.1 Å². The number of hydrazone groups is 1. The number of morpholine rings is 1. The Balaban J connectivity index is 1.60. The molecule has 33 heavy (non-hydrogen) atoms. The lowest BCUT2D eigenvalue weighted by Crippen LogP contribution is -2.44. The third kappa shape index (κ3) is 5.60. The number of nitrogens with zero attached hydrogens (tertiary/aromatic N) is 5. The van der Waals surface area contributed by atoms with Gasteiger partial charge in [-0.05, 0) is 40.2 Å². The summed E-state index contributed by atoms with van der Waals surface area (Å²) in [7, 11) is 0. The lowest BCUT2D eigenvalue weighted by atomic mass is 10.2. The third-order valence-electron chi connectivity index (χ3n) is 5.47. The lowest BCUT2D eigenvalue weighted by Gasteiger charge is -2.35. The highest BCUT2D eigenvalue weighted by molar-refractivity contribution is 5.80. The van der Waals surface area contributed by atoms with Gasteiger partial charge in [-0.3, -0.25) is 4.90 Å². The number of aryl methyl sites for hydroxylation is 1. The van der Waals surface area contributed by atoms with Gasteiger partial charge in [-0.1, -0.05) is 29.8 Å². The fourth-order valence-electron chi connectivity index (χ4n) is 3.94. The first-order chi connectivity index (χ1) is 15.7. The van der Waals surface area contributed by atoms with Crippen molar-refractivity contribution in [3.8, 4) is 0 Å². The maximum absolute atomic E-state index is 12.7. The summed E-state index contributed by atoms with van der Waals surface area (Å²) in [5.74, 6) is 1.22. The van der Waals surface area contributed by atoms with Crippen molar-refractivity contribution in [1.82, 2.24) is 14.9 Å². The topological polar surface area (TPSA) is 92.2 Å². The maximum atomic E-state index is 12.7. The molecule has 1 saturated heterocycles. The van der Waals surface area contributed by atoms with Crippen LogP contribution in [0.1, 0.15) is 50.1 Å². The first kappa shape index (κ1) is 23.0. The largest absolute Gasteiger partial charge is 0.444 e. The Morgan fingerprint density at radius 2 is 2.12 bits per heavy atom. The number of anilines is 2. The van der Waals surface area contributed by atoms with E-state index in [2.05, 4.69) is 27.3 Å². The van der Waals surface area contributed by atoms with E-state index in [1.807, 2.05) is 52.0 Å². The fourth-order valence-corrected chi connectivity index (χ4v) is 3.94. The molecule has 0 saturated carbocycles. The molecule has 2 aliphatic rings. The van der Waals surface area contributed by atoms with Crippen LogP contribution < -0.4 is 10.3 Å². The van der Waals surface area contributed by atoms with Crippen LogP contribution in [0.15, 0.2) is 29.4 Å².